The maximum atomic E-state index is 4.09. The molecule has 0 unspecified atom stereocenters. The van der Waals surface area contributed by atoms with Crippen LogP contribution in [0.15, 0.2) is 60.4 Å². The van der Waals surface area contributed by atoms with E-state index in [0.29, 0.717) is 0 Å². The molecule has 0 aliphatic carbocycles. The molecule has 100 valence electrons. The topological polar surface area (TPSA) is 52.7 Å². The third-order valence-electron chi connectivity index (χ3n) is 2.19. The van der Waals surface area contributed by atoms with Gasteiger partial charge in [0.15, 0.2) is 5.82 Å². The molecule has 1 heterocycles. The summed E-state index contributed by atoms with van der Waals surface area (Å²) < 4.78 is 1.07. The van der Waals surface area contributed by atoms with Gasteiger partial charge in [-0.1, -0.05) is 41.2 Å². The quantitative estimate of drug-likeness (QED) is 0.804. The fourth-order valence-corrected chi connectivity index (χ4v) is 1.54. The first kappa shape index (κ1) is 15.0. The number of rotatable bonds is 4. The number of aromatic amines is 1. The molecule has 0 saturated heterocycles. The van der Waals surface area contributed by atoms with Crippen molar-refractivity contribution < 1.29 is 0 Å². The summed E-state index contributed by atoms with van der Waals surface area (Å²) in [4.78, 5) is 0. The monoisotopic (exact) mass is 320 g/mol. The van der Waals surface area contributed by atoms with Gasteiger partial charge < -0.3 is 10.6 Å². The molecule has 3 N–H and O–H groups in total. The SMILES string of the molecule is C=CNC.C=CNc1cc(-c2ccc(Br)cc2)[nH]n1. The summed E-state index contributed by atoms with van der Waals surface area (Å²) in [6.07, 6.45) is 3.22. The van der Waals surface area contributed by atoms with Crippen molar-refractivity contribution in [2.24, 2.45) is 0 Å². The van der Waals surface area contributed by atoms with Crippen molar-refractivity contribution in [2.75, 3.05) is 12.4 Å². The minimum atomic E-state index is 0.767. The van der Waals surface area contributed by atoms with Crippen molar-refractivity contribution in [3.63, 3.8) is 0 Å². The van der Waals surface area contributed by atoms with E-state index < -0.39 is 0 Å². The summed E-state index contributed by atoms with van der Waals surface area (Å²) in [6.45, 7) is 6.95. The lowest BCUT2D eigenvalue weighted by Crippen LogP contribution is -1.87. The lowest BCUT2D eigenvalue weighted by atomic mass is 10.2. The summed E-state index contributed by atoms with van der Waals surface area (Å²) in [5, 5.41) is 12.7. The highest BCUT2D eigenvalue weighted by Gasteiger charge is 2.01. The van der Waals surface area contributed by atoms with E-state index in [1.807, 2.05) is 37.4 Å². The number of halogens is 1. The number of nitrogens with zero attached hydrogens (tertiary/aromatic N) is 1. The Morgan fingerprint density at radius 1 is 1.21 bits per heavy atom. The molecule has 0 spiro atoms. The summed E-state index contributed by atoms with van der Waals surface area (Å²) in [6, 6.07) is 9.98. The Labute approximate surface area is 121 Å². The molecule has 0 aliphatic rings. The van der Waals surface area contributed by atoms with Crippen LogP contribution in [-0.2, 0) is 0 Å². The number of nitrogens with one attached hydrogen (secondary N) is 3. The van der Waals surface area contributed by atoms with Gasteiger partial charge in [0.05, 0.1) is 5.69 Å². The van der Waals surface area contributed by atoms with Gasteiger partial charge in [0.2, 0.25) is 0 Å². The Kier molecular flexibility index (Phi) is 6.46. The highest BCUT2D eigenvalue weighted by Crippen LogP contribution is 2.21. The lowest BCUT2D eigenvalue weighted by Gasteiger charge is -1.96. The molecule has 1 aromatic heterocycles. The molecule has 0 atom stereocenters. The molecule has 19 heavy (non-hydrogen) atoms. The minimum Gasteiger partial charge on any atom is -0.394 e. The number of aromatic nitrogens is 2. The van der Waals surface area contributed by atoms with Crippen molar-refractivity contribution in [2.45, 2.75) is 0 Å². The van der Waals surface area contributed by atoms with E-state index in [1.165, 1.54) is 0 Å². The Morgan fingerprint density at radius 3 is 2.37 bits per heavy atom. The van der Waals surface area contributed by atoms with Gasteiger partial charge in [-0.3, -0.25) is 5.10 Å². The second kappa shape index (κ2) is 8.16. The number of H-pyrrole nitrogens is 1. The summed E-state index contributed by atoms with van der Waals surface area (Å²) in [5.74, 6) is 0.767. The zero-order chi connectivity index (χ0) is 14.1. The van der Waals surface area contributed by atoms with Gasteiger partial charge in [0.25, 0.3) is 0 Å². The van der Waals surface area contributed by atoms with E-state index in [2.05, 4.69) is 49.9 Å². The van der Waals surface area contributed by atoms with Gasteiger partial charge in [0.1, 0.15) is 0 Å². The lowest BCUT2D eigenvalue weighted by molar-refractivity contribution is 1.10. The van der Waals surface area contributed by atoms with Crippen LogP contribution in [0.4, 0.5) is 5.82 Å². The molecule has 4 nitrogen and oxygen atoms in total. The van der Waals surface area contributed by atoms with E-state index in [1.54, 1.807) is 12.4 Å². The second-order valence-corrected chi connectivity index (χ2v) is 4.43. The molecule has 0 fully saturated rings. The van der Waals surface area contributed by atoms with Gasteiger partial charge in [-0.2, -0.15) is 5.10 Å². The van der Waals surface area contributed by atoms with Crippen LogP contribution in [-0.4, -0.2) is 17.2 Å². The van der Waals surface area contributed by atoms with Crippen molar-refractivity contribution in [1.82, 2.24) is 15.5 Å². The van der Waals surface area contributed by atoms with E-state index in [9.17, 15) is 0 Å². The smallest absolute Gasteiger partial charge is 0.152 e. The number of hydrogen-bond acceptors (Lipinski definition) is 3. The largest absolute Gasteiger partial charge is 0.394 e. The predicted octanol–water partition coefficient (Wildman–Crippen LogP) is 3.74. The normalized spacial score (nSPS) is 8.95. The first-order valence-electron chi connectivity index (χ1n) is 5.68. The van der Waals surface area contributed by atoms with Gasteiger partial charge >= 0.3 is 0 Å². The fourth-order valence-electron chi connectivity index (χ4n) is 1.28. The van der Waals surface area contributed by atoms with Crippen LogP contribution in [0.2, 0.25) is 0 Å². The Bertz CT molecular complexity index is 516. The first-order chi connectivity index (χ1) is 9.21. The van der Waals surface area contributed by atoms with Crippen molar-refractivity contribution in [3.8, 4) is 11.3 Å². The van der Waals surface area contributed by atoms with E-state index in [0.717, 1.165) is 21.5 Å². The molecule has 1 aromatic carbocycles. The van der Waals surface area contributed by atoms with Gasteiger partial charge in [-0.15, -0.1) is 0 Å². The van der Waals surface area contributed by atoms with Crippen molar-refractivity contribution in [3.05, 3.63) is 60.4 Å². The molecular formula is C14H17BrN4. The zero-order valence-electron chi connectivity index (χ0n) is 10.8. The van der Waals surface area contributed by atoms with Crippen LogP contribution in [0.5, 0.6) is 0 Å². The molecular weight excluding hydrogens is 304 g/mol. The highest BCUT2D eigenvalue weighted by molar-refractivity contribution is 9.10. The maximum absolute atomic E-state index is 4.09. The van der Waals surface area contributed by atoms with Crippen molar-refractivity contribution in [1.29, 1.82) is 0 Å². The molecule has 0 radical (unpaired) electrons. The number of hydrogen-bond donors (Lipinski definition) is 3. The minimum absolute atomic E-state index is 0.767. The molecule has 0 amide bonds. The highest BCUT2D eigenvalue weighted by atomic mass is 79.9. The first-order valence-corrected chi connectivity index (χ1v) is 6.47. The Hall–Kier alpha value is -2.01. The van der Waals surface area contributed by atoms with Crippen LogP contribution in [0.3, 0.4) is 0 Å². The van der Waals surface area contributed by atoms with Crippen LogP contribution in [0.25, 0.3) is 11.3 Å². The average Bonchev–Trinajstić information content (AvgIpc) is 2.89. The molecule has 0 bridgehead atoms. The molecule has 0 aliphatic heterocycles. The molecule has 2 aromatic rings. The summed E-state index contributed by atoms with van der Waals surface area (Å²) >= 11 is 3.40. The van der Waals surface area contributed by atoms with Gasteiger partial charge in [0, 0.05) is 17.6 Å². The van der Waals surface area contributed by atoms with E-state index in [-0.39, 0.29) is 0 Å². The molecule has 0 saturated carbocycles. The third-order valence-corrected chi connectivity index (χ3v) is 2.72. The van der Waals surface area contributed by atoms with E-state index in [4.69, 9.17) is 0 Å². The standard InChI is InChI=1S/C11H10BrN3.C3H7N/c1-2-13-11-7-10(14-15-11)8-3-5-9(12)6-4-8;1-3-4-2/h2-7H,1H2,(H2,13,14,15);3-4H,1H2,2H3. The van der Waals surface area contributed by atoms with Crippen LogP contribution in [0, 0.1) is 0 Å². The maximum Gasteiger partial charge on any atom is 0.152 e. The number of anilines is 1. The Balaban J connectivity index is 0.000000399. The number of benzene rings is 1. The van der Waals surface area contributed by atoms with Crippen LogP contribution in [0.1, 0.15) is 0 Å². The van der Waals surface area contributed by atoms with Gasteiger partial charge in [-0.05, 0) is 30.1 Å². The second-order valence-electron chi connectivity index (χ2n) is 3.52. The summed E-state index contributed by atoms with van der Waals surface area (Å²) in [7, 11) is 1.81. The molecule has 5 heteroatoms. The van der Waals surface area contributed by atoms with Crippen molar-refractivity contribution >= 4 is 21.7 Å². The fraction of sp³-hybridized carbons (Fsp3) is 0.0714. The van der Waals surface area contributed by atoms with E-state index >= 15 is 0 Å². The van der Waals surface area contributed by atoms with Gasteiger partial charge in [-0.25, -0.2) is 0 Å². The van der Waals surface area contributed by atoms with Crippen LogP contribution < -0.4 is 10.6 Å². The predicted molar refractivity (Wildman–Crippen MR) is 84.8 cm³/mol. The van der Waals surface area contributed by atoms with Crippen LogP contribution >= 0.6 is 15.9 Å². The third kappa shape index (κ3) is 5.01. The zero-order valence-corrected chi connectivity index (χ0v) is 12.4. The average molecular weight is 321 g/mol. The molecule has 2 rings (SSSR count). The Morgan fingerprint density at radius 2 is 1.84 bits per heavy atom. The summed E-state index contributed by atoms with van der Waals surface area (Å²) in [5.41, 5.74) is 2.08.